The van der Waals surface area contributed by atoms with Crippen LogP contribution in [0.1, 0.15) is 50.3 Å². The number of aliphatic imine (C=N–C) groups is 1. The third-order valence-corrected chi connectivity index (χ3v) is 7.98. The number of amidine groups is 1. The van der Waals surface area contributed by atoms with Gasteiger partial charge in [-0.2, -0.15) is 13.2 Å². The number of allylic oxidation sites excluding steroid dienone is 2. The summed E-state index contributed by atoms with van der Waals surface area (Å²) in [5.74, 6) is 0.253. The lowest BCUT2D eigenvalue weighted by Crippen LogP contribution is -2.41. The van der Waals surface area contributed by atoms with Crippen molar-refractivity contribution in [3.8, 4) is 11.1 Å². The molecule has 1 aliphatic rings. The maximum absolute atomic E-state index is 13.6. The van der Waals surface area contributed by atoms with Gasteiger partial charge < -0.3 is 9.80 Å². The first-order valence-corrected chi connectivity index (χ1v) is 15.2. The quantitative estimate of drug-likeness (QED) is 0.215. The van der Waals surface area contributed by atoms with Gasteiger partial charge in [0.15, 0.2) is 5.17 Å². The van der Waals surface area contributed by atoms with E-state index in [1.165, 1.54) is 36.0 Å². The maximum atomic E-state index is 13.6. The van der Waals surface area contributed by atoms with Crippen molar-refractivity contribution in [3.63, 3.8) is 0 Å². The number of alkyl halides is 3. The fourth-order valence-electron chi connectivity index (χ4n) is 4.65. The molecule has 3 aromatic rings. The molecule has 3 aromatic carbocycles. The van der Waals surface area contributed by atoms with Gasteiger partial charge in [0.05, 0.1) is 11.3 Å². The fourth-order valence-corrected chi connectivity index (χ4v) is 5.58. The lowest BCUT2D eigenvalue weighted by Gasteiger charge is -2.30. The predicted octanol–water partition coefficient (Wildman–Crippen LogP) is 9.05. The van der Waals surface area contributed by atoms with Gasteiger partial charge in [0.1, 0.15) is 12.4 Å². The number of halogens is 4. The van der Waals surface area contributed by atoms with Gasteiger partial charge in [0, 0.05) is 25.0 Å². The summed E-state index contributed by atoms with van der Waals surface area (Å²) in [6, 6.07) is 19.0. The van der Waals surface area contributed by atoms with Crippen LogP contribution in [0.2, 0.25) is 0 Å². The minimum Gasteiger partial charge on any atom is -0.337 e. The van der Waals surface area contributed by atoms with Gasteiger partial charge in [-0.3, -0.25) is 4.79 Å². The molecule has 0 radical (unpaired) electrons. The topological polar surface area (TPSA) is 35.9 Å². The van der Waals surface area contributed by atoms with Gasteiger partial charge in [-0.15, -0.1) is 0 Å². The van der Waals surface area contributed by atoms with Crippen LogP contribution in [0, 0.1) is 5.82 Å². The lowest BCUT2D eigenvalue weighted by atomic mass is 10.0. The summed E-state index contributed by atoms with van der Waals surface area (Å²) in [5.41, 5.74) is 4.55. The second-order valence-electron chi connectivity index (χ2n) is 10.3. The van der Waals surface area contributed by atoms with Crippen molar-refractivity contribution >= 4 is 22.8 Å². The summed E-state index contributed by atoms with van der Waals surface area (Å²) in [4.78, 5) is 22.2. The summed E-state index contributed by atoms with van der Waals surface area (Å²) in [5, 5.41) is 0.709. The van der Waals surface area contributed by atoms with E-state index < -0.39 is 11.7 Å². The van der Waals surface area contributed by atoms with Crippen LogP contribution in [-0.4, -0.2) is 34.0 Å². The molecule has 0 spiro atoms. The van der Waals surface area contributed by atoms with Crippen LogP contribution in [0.5, 0.6) is 0 Å². The van der Waals surface area contributed by atoms with Crippen LogP contribution in [0.15, 0.2) is 101 Å². The SMILES string of the molecule is CCC=C1N=C(SCc2ccc(F)cc2)N(CC(=O)N(CCC)Cc2ccc(-c3ccc(C(F)(F)F)cc3)cc2)C=C1C. The molecule has 0 N–H and O–H groups in total. The number of hydrogen-bond donors (Lipinski definition) is 0. The number of amides is 1. The number of thioether (sulfide) groups is 1. The molecule has 4 nitrogen and oxygen atoms in total. The Kier molecular flexibility index (Phi) is 10.9. The van der Waals surface area contributed by atoms with Gasteiger partial charge in [-0.05, 0) is 71.9 Å². The summed E-state index contributed by atoms with van der Waals surface area (Å²) in [6.07, 6.45) is 1.26. The van der Waals surface area contributed by atoms with E-state index >= 15 is 0 Å². The zero-order chi connectivity index (χ0) is 31.0. The predicted molar refractivity (Wildman–Crippen MR) is 167 cm³/mol. The van der Waals surface area contributed by atoms with Crippen molar-refractivity contribution in [3.05, 3.63) is 119 Å². The molecule has 9 heteroatoms. The molecular weight excluding hydrogens is 574 g/mol. The number of hydrogen-bond acceptors (Lipinski definition) is 4. The minimum absolute atomic E-state index is 0.0456. The highest BCUT2D eigenvalue weighted by molar-refractivity contribution is 8.13. The molecule has 1 amide bonds. The van der Waals surface area contributed by atoms with E-state index in [-0.39, 0.29) is 18.3 Å². The molecule has 43 heavy (non-hydrogen) atoms. The van der Waals surface area contributed by atoms with Crippen LogP contribution < -0.4 is 0 Å². The van der Waals surface area contributed by atoms with Gasteiger partial charge >= 0.3 is 6.18 Å². The first-order chi connectivity index (χ1) is 20.6. The standard InChI is InChI=1S/C34H35F4N3OS/c1-4-6-31-24(3)20-41(33(39-31)43-23-26-9-17-30(35)18-10-26)22-32(42)40(19-5-2)21-25-7-11-27(12-8-25)28-13-15-29(16-14-28)34(36,37)38/h6-18,20H,4-5,19,21-23H2,1-3H3. The average Bonchev–Trinajstić information content (AvgIpc) is 2.98. The van der Waals surface area contributed by atoms with Crippen LogP contribution in [0.3, 0.4) is 0 Å². The Labute approximate surface area is 254 Å². The third kappa shape index (κ3) is 8.83. The van der Waals surface area contributed by atoms with Crippen molar-refractivity contribution in [2.75, 3.05) is 13.1 Å². The molecule has 4 rings (SSSR count). The van der Waals surface area contributed by atoms with Crippen LogP contribution in [0.4, 0.5) is 17.6 Å². The molecule has 0 aliphatic carbocycles. The van der Waals surface area contributed by atoms with E-state index in [1.54, 1.807) is 12.1 Å². The summed E-state index contributed by atoms with van der Waals surface area (Å²) in [6.45, 7) is 7.16. The van der Waals surface area contributed by atoms with E-state index in [0.717, 1.165) is 52.9 Å². The normalized spacial score (nSPS) is 14.5. The van der Waals surface area contributed by atoms with Gasteiger partial charge in [-0.25, -0.2) is 9.38 Å². The molecule has 0 fully saturated rings. The summed E-state index contributed by atoms with van der Waals surface area (Å²) < 4.78 is 52.1. The Morgan fingerprint density at radius 1 is 0.930 bits per heavy atom. The summed E-state index contributed by atoms with van der Waals surface area (Å²) >= 11 is 1.50. The Bertz CT molecular complexity index is 1480. The molecule has 0 atom stereocenters. The zero-order valence-corrected chi connectivity index (χ0v) is 25.3. The van der Waals surface area contributed by atoms with E-state index in [4.69, 9.17) is 4.99 Å². The second-order valence-corrected chi connectivity index (χ2v) is 11.3. The minimum atomic E-state index is -4.37. The molecular formula is C34H35F4N3OS. The highest BCUT2D eigenvalue weighted by Gasteiger charge is 2.30. The Morgan fingerprint density at radius 3 is 2.12 bits per heavy atom. The number of benzene rings is 3. The van der Waals surface area contributed by atoms with Crippen molar-refractivity contribution in [2.24, 2.45) is 4.99 Å². The van der Waals surface area contributed by atoms with Crippen molar-refractivity contribution < 1.29 is 22.4 Å². The van der Waals surface area contributed by atoms with Crippen LogP contribution >= 0.6 is 11.8 Å². The fraction of sp³-hybridized carbons (Fsp3) is 0.294. The third-order valence-electron chi connectivity index (χ3n) is 6.92. The van der Waals surface area contributed by atoms with Gasteiger partial charge in [0.2, 0.25) is 5.91 Å². The molecule has 1 heterocycles. The van der Waals surface area contributed by atoms with Crippen LogP contribution in [-0.2, 0) is 23.3 Å². The van der Waals surface area contributed by atoms with Crippen molar-refractivity contribution in [1.82, 2.24) is 9.80 Å². The smallest absolute Gasteiger partial charge is 0.337 e. The van der Waals surface area contributed by atoms with E-state index in [9.17, 15) is 22.4 Å². The van der Waals surface area contributed by atoms with Crippen LogP contribution in [0.25, 0.3) is 11.1 Å². The van der Waals surface area contributed by atoms with Gasteiger partial charge in [-0.1, -0.05) is 80.2 Å². The van der Waals surface area contributed by atoms with Crippen molar-refractivity contribution in [1.29, 1.82) is 0 Å². The average molecular weight is 610 g/mol. The van der Waals surface area contributed by atoms with E-state index in [0.29, 0.717) is 29.6 Å². The first kappa shape index (κ1) is 32.1. The molecule has 0 bridgehead atoms. The molecule has 1 aliphatic heterocycles. The molecule has 0 saturated heterocycles. The largest absolute Gasteiger partial charge is 0.416 e. The number of nitrogens with zero attached hydrogens (tertiary/aromatic N) is 3. The number of carbonyl (C=O) groups is 1. The highest BCUT2D eigenvalue weighted by atomic mass is 32.2. The first-order valence-electron chi connectivity index (χ1n) is 14.2. The number of carbonyl (C=O) groups excluding carboxylic acids is 1. The molecule has 0 unspecified atom stereocenters. The van der Waals surface area contributed by atoms with E-state index in [1.807, 2.05) is 54.1 Å². The number of rotatable bonds is 10. The molecule has 0 aromatic heterocycles. The molecule has 226 valence electrons. The highest BCUT2D eigenvalue weighted by Crippen LogP contribution is 2.31. The maximum Gasteiger partial charge on any atom is 0.416 e. The second kappa shape index (κ2) is 14.6. The summed E-state index contributed by atoms with van der Waals surface area (Å²) in [7, 11) is 0. The van der Waals surface area contributed by atoms with Crippen molar-refractivity contribution in [2.45, 2.75) is 52.1 Å². The Hall–Kier alpha value is -3.85. The molecule has 0 saturated carbocycles. The lowest BCUT2D eigenvalue weighted by molar-refractivity contribution is -0.137. The van der Waals surface area contributed by atoms with E-state index in [2.05, 4.69) is 13.0 Å². The monoisotopic (exact) mass is 609 g/mol. The Balaban J connectivity index is 1.46. The Morgan fingerprint density at radius 2 is 1.53 bits per heavy atom. The zero-order valence-electron chi connectivity index (χ0n) is 24.5. The van der Waals surface area contributed by atoms with Gasteiger partial charge in [0.25, 0.3) is 0 Å².